The maximum absolute atomic E-state index is 13.9. The Morgan fingerprint density at radius 3 is 2.64 bits per heavy atom. The van der Waals surface area contributed by atoms with Gasteiger partial charge in [-0.25, -0.2) is 23.4 Å². The Labute approximate surface area is 248 Å². The van der Waals surface area contributed by atoms with Gasteiger partial charge in [0.15, 0.2) is 5.01 Å². The van der Waals surface area contributed by atoms with Gasteiger partial charge in [0.05, 0.1) is 31.5 Å². The number of benzene rings is 1. The average molecular weight is 612 g/mol. The van der Waals surface area contributed by atoms with Gasteiger partial charge in [-0.05, 0) is 24.3 Å². The van der Waals surface area contributed by atoms with Crippen molar-refractivity contribution in [2.75, 3.05) is 60.0 Å². The van der Waals surface area contributed by atoms with Crippen LogP contribution in [0.2, 0.25) is 0 Å². The Morgan fingerprint density at radius 1 is 1.12 bits per heavy atom. The molecule has 14 heteroatoms. The Hall–Kier alpha value is -3.32. The molecule has 1 aromatic carbocycles. The number of carbonyl (C=O) groups is 2. The number of thiazole rings is 1. The smallest absolute Gasteiger partial charge is 0.283 e. The van der Waals surface area contributed by atoms with Gasteiger partial charge >= 0.3 is 0 Å². The number of nitrogens with one attached hydrogen (secondary N) is 1. The van der Waals surface area contributed by atoms with Crippen LogP contribution >= 0.6 is 11.3 Å². The van der Waals surface area contributed by atoms with Crippen LogP contribution in [-0.4, -0.2) is 120 Å². The summed E-state index contributed by atoms with van der Waals surface area (Å²) in [7, 11) is 0.00841. The number of nitrogens with zero attached hydrogens (tertiary/aromatic N) is 6. The molecule has 2 saturated heterocycles. The molecule has 12 nitrogen and oxygen atoms in total. The molecule has 0 bridgehead atoms. The van der Waals surface area contributed by atoms with E-state index < -0.39 is 16.1 Å². The highest BCUT2D eigenvalue weighted by Crippen LogP contribution is 2.30. The third kappa shape index (κ3) is 5.44. The van der Waals surface area contributed by atoms with Crippen LogP contribution in [0.5, 0.6) is 0 Å². The minimum absolute atomic E-state index is 0.00650. The van der Waals surface area contributed by atoms with Gasteiger partial charge in [-0.1, -0.05) is 5.92 Å². The molecule has 1 atom stereocenters. The van der Waals surface area contributed by atoms with Crippen molar-refractivity contribution in [1.82, 2.24) is 34.1 Å². The highest BCUT2D eigenvalue weighted by molar-refractivity contribution is 7.89. The van der Waals surface area contributed by atoms with Gasteiger partial charge in [-0.15, -0.1) is 17.8 Å². The summed E-state index contributed by atoms with van der Waals surface area (Å²) >= 11 is 1.37. The number of piperazine rings is 1. The van der Waals surface area contributed by atoms with Crippen molar-refractivity contribution >= 4 is 44.1 Å². The number of amides is 2. The van der Waals surface area contributed by atoms with E-state index in [0.29, 0.717) is 60.9 Å². The second kappa shape index (κ2) is 11.4. The number of aromatic nitrogens is 2. The topological polar surface area (TPSA) is 122 Å². The van der Waals surface area contributed by atoms with Crippen LogP contribution < -0.4 is 0 Å². The Kier molecular flexibility index (Phi) is 7.81. The Morgan fingerprint density at radius 2 is 1.88 bits per heavy atom. The zero-order valence-electron chi connectivity index (χ0n) is 23.6. The van der Waals surface area contributed by atoms with E-state index in [1.807, 2.05) is 19.1 Å². The molecule has 3 aliphatic heterocycles. The predicted octanol–water partition coefficient (Wildman–Crippen LogP) is 1.16. The van der Waals surface area contributed by atoms with Crippen molar-refractivity contribution in [3.63, 3.8) is 0 Å². The number of carbonyl (C=O) groups excluding carboxylic acids is 2. The second-order valence-corrected chi connectivity index (χ2v) is 13.8. The molecule has 5 heterocycles. The van der Waals surface area contributed by atoms with Crippen LogP contribution in [0.25, 0.3) is 10.9 Å². The zero-order valence-corrected chi connectivity index (χ0v) is 25.2. The number of sulfonamides is 1. The van der Waals surface area contributed by atoms with Crippen LogP contribution in [0.15, 0.2) is 29.3 Å². The quantitative estimate of drug-likeness (QED) is 0.427. The molecule has 2 aromatic heterocycles. The van der Waals surface area contributed by atoms with E-state index in [4.69, 9.17) is 11.2 Å². The third-order valence-corrected chi connectivity index (χ3v) is 11.0. The number of hydrazine groups is 1. The first-order chi connectivity index (χ1) is 20.1. The molecule has 0 aliphatic carbocycles. The fourth-order valence-electron chi connectivity index (χ4n) is 5.62. The van der Waals surface area contributed by atoms with Crippen molar-refractivity contribution in [3.8, 4) is 12.3 Å². The number of morpholine rings is 1. The standard InChI is InChI=1S/C28H33N7O5S2/c1-4-19-5-6-22-20(13-19)14-25(29-22)42(38,39)34-7-8-35(21(16-34)15-26(36)33-9-11-40-12-10-33)28(37)27-30-23-17-31(2)32(3)18-24(23)41-27/h1,5-6,13-14,21,29H,7-12,15-18H2,2-3H3. The first-order valence-electron chi connectivity index (χ1n) is 13.8. The molecular weight excluding hydrogens is 578 g/mol. The van der Waals surface area contributed by atoms with Crippen LogP contribution in [0.4, 0.5) is 0 Å². The van der Waals surface area contributed by atoms with E-state index in [-0.39, 0.29) is 42.9 Å². The normalized spacial score (nSPS) is 20.9. The van der Waals surface area contributed by atoms with Gasteiger partial charge in [-0.2, -0.15) is 4.31 Å². The van der Waals surface area contributed by atoms with E-state index in [0.717, 1.165) is 10.6 Å². The number of rotatable bonds is 5. The van der Waals surface area contributed by atoms with Gasteiger partial charge in [-0.3, -0.25) is 9.59 Å². The van der Waals surface area contributed by atoms with Crippen LogP contribution in [-0.2, 0) is 32.6 Å². The average Bonchev–Trinajstić information content (AvgIpc) is 3.61. The largest absolute Gasteiger partial charge is 0.378 e. The number of terminal acetylenes is 1. The summed E-state index contributed by atoms with van der Waals surface area (Å²) in [4.78, 5) is 39.2. The molecule has 222 valence electrons. The van der Waals surface area contributed by atoms with E-state index in [1.165, 1.54) is 15.6 Å². The zero-order chi connectivity index (χ0) is 29.6. The first kappa shape index (κ1) is 28.8. The first-order valence-corrected chi connectivity index (χ1v) is 16.1. The van der Waals surface area contributed by atoms with Crippen molar-refractivity contribution < 1.29 is 22.7 Å². The SMILES string of the molecule is C#Cc1ccc2[nH]c(S(=O)(=O)N3CCN(C(=O)c4nc5c(s4)CN(C)N(C)C5)C(CC(=O)N4CCOCC4)C3)cc2c1. The monoisotopic (exact) mass is 611 g/mol. The van der Waals surface area contributed by atoms with Gasteiger partial charge < -0.3 is 19.5 Å². The molecule has 42 heavy (non-hydrogen) atoms. The molecular formula is C28H33N7O5S2. The van der Waals surface area contributed by atoms with E-state index >= 15 is 0 Å². The summed E-state index contributed by atoms with van der Waals surface area (Å²) in [6, 6.07) is 6.19. The van der Waals surface area contributed by atoms with Crippen LogP contribution in [0.1, 0.15) is 32.4 Å². The summed E-state index contributed by atoms with van der Waals surface area (Å²) in [5.74, 6) is 2.16. The molecule has 0 saturated carbocycles. The molecule has 0 radical (unpaired) electrons. The maximum Gasteiger partial charge on any atom is 0.283 e. The van der Waals surface area contributed by atoms with Crippen molar-refractivity contribution in [3.05, 3.63) is 45.4 Å². The summed E-state index contributed by atoms with van der Waals surface area (Å²) in [6.07, 6.45) is 5.52. The predicted molar refractivity (Wildman–Crippen MR) is 157 cm³/mol. The summed E-state index contributed by atoms with van der Waals surface area (Å²) in [6.45, 7) is 3.34. The van der Waals surface area contributed by atoms with Gasteiger partial charge in [0.2, 0.25) is 5.91 Å². The summed E-state index contributed by atoms with van der Waals surface area (Å²) < 4.78 is 34.4. The molecule has 6 rings (SSSR count). The minimum atomic E-state index is -3.95. The number of fused-ring (bicyclic) bond motifs is 2. The third-order valence-electron chi connectivity index (χ3n) is 8.16. The van der Waals surface area contributed by atoms with Crippen LogP contribution in [0.3, 0.4) is 0 Å². The molecule has 3 aliphatic rings. The van der Waals surface area contributed by atoms with Crippen LogP contribution in [0, 0.1) is 12.3 Å². The highest BCUT2D eigenvalue weighted by atomic mass is 32.2. The van der Waals surface area contributed by atoms with Crippen molar-refractivity contribution in [1.29, 1.82) is 0 Å². The van der Waals surface area contributed by atoms with Gasteiger partial charge in [0.25, 0.3) is 15.9 Å². The van der Waals surface area contributed by atoms with E-state index in [2.05, 4.69) is 20.9 Å². The molecule has 3 aromatic rings. The molecule has 2 fully saturated rings. The highest BCUT2D eigenvalue weighted by Gasteiger charge is 2.40. The summed E-state index contributed by atoms with van der Waals surface area (Å²) in [5, 5.41) is 5.22. The van der Waals surface area contributed by atoms with E-state index in [9.17, 15) is 18.0 Å². The summed E-state index contributed by atoms with van der Waals surface area (Å²) in [5.41, 5.74) is 2.18. The number of ether oxygens (including phenoxy) is 1. The fraction of sp³-hybridized carbons (Fsp3) is 0.464. The molecule has 1 N–H and O–H groups in total. The van der Waals surface area contributed by atoms with E-state index in [1.54, 1.807) is 34.1 Å². The lowest BCUT2D eigenvalue weighted by molar-refractivity contribution is -0.136. The second-order valence-electron chi connectivity index (χ2n) is 10.8. The maximum atomic E-state index is 13.9. The Bertz CT molecular complexity index is 1640. The Balaban J connectivity index is 1.27. The van der Waals surface area contributed by atoms with Crippen molar-refractivity contribution in [2.24, 2.45) is 0 Å². The number of aromatic amines is 1. The number of hydrogen-bond acceptors (Lipinski definition) is 9. The number of H-pyrrole nitrogens is 1. The van der Waals surface area contributed by atoms with Crippen molar-refractivity contribution in [2.45, 2.75) is 30.6 Å². The fourth-order valence-corrected chi connectivity index (χ4v) is 8.17. The minimum Gasteiger partial charge on any atom is -0.378 e. The lowest BCUT2D eigenvalue weighted by atomic mass is 10.1. The van der Waals surface area contributed by atoms with Gasteiger partial charge in [0, 0.05) is 81.1 Å². The lowest BCUT2D eigenvalue weighted by Crippen LogP contribution is -2.58. The lowest BCUT2D eigenvalue weighted by Gasteiger charge is -2.41. The number of hydrogen-bond donors (Lipinski definition) is 1. The molecule has 0 spiro atoms. The van der Waals surface area contributed by atoms with Gasteiger partial charge in [0.1, 0.15) is 5.03 Å². The molecule has 2 amide bonds. The molecule has 1 unspecified atom stereocenters.